The van der Waals surface area contributed by atoms with E-state index in [2.05, 4.69) is 216 Å². The molecule has 64 heavy (non-hydrogen) atoms. The van der Waals surface area contributed by atoms with Crippen molar-refractivity contribution in [1.29, 1.82) is 0 Å². The van der Waals surface area contributed by atoms with Gasteiger partial charge in [0.2, 0.25) is 0 Å². The molecule has 0 aromatic heterocycles. The van der Waals surface area contributed by atoms with E-state index in [1.54, 1.807) is 11.1 Å². The van der Waals surface area contributed by atoms with E-state index in [1.165, 1.54) is 109 Å². The second-order valence-electron chi connectivity index (χ2n) is 19.3. The maximum absolute atomic E-state index is 2.63. The SMILES string of the molecule is c1ccc(-c2cccc(N(c3cccc4c3-c3ccccc3C43C4CC5CC(C4)CC3C5)c3ccc4ccc5c(N(c6ccccc6)c6ccccc6)ccc6ccc3c4c65)c2)cc1. The lowest BCUT2D eigenvalue weighted by Gasteiger charge is -2.61. The molecule has 0 atom stereocenters. The minimum Gasteiger partial charge on any atom is -0.310 e. The third kappa shape index (κ3) is 5.14. The van der Waals surface area contributed by atoms with Crippen molar-refractivity contribution in [1.82, 2.24) is 0 Å². The van der Waals surface area contributed by atoms with Crippen molar-refractivity contribution in [2.45, 2.75) is 37.5 Å². The molecule has 4 fully saturated rings. The maximum Gasteiger partial charge on any atom is 0.0543 e. The first-order chi connectivity index (χ1) is 31.7. The summed E-state index contributed by atoms with van der Waals surface area (Å²) in [6.07, 6.45) is 6.94. The Hall–Kier alpha value is -7.16. The van der Waals surface area contributed by atoms with E-state index >= 15 is 0 Å². The molecule has 2 heteroatoms. The van der Waals surface area contributed by atoms with Crippen LogP contribution in [0.4, 0.5) is 34.1 Å². The summed E-state index contributed by atoms with van der Waals surface area (Å²) >= 11 is 0. The summed E-state index contributed by atoms with van der Waals surface area (Å²) in [4.78, 5) is 5.04. The first-order valence-electron chi connectivity index (χ1n) is 23.5. The normalized spacial score (nSPS) is 21.5. The summed E-state index contributed by atoms with van der Waals surface area (Å²) < 4.78 is 0. The Balaban J connectivity index is 1.03. The quantitative estimate of drug-likeness (QED) is 0.148. The number of para-hydroxylation sites is 2. The van der Waals surface area contributed by atoms with E-state index < -0.39 is 0 Å². The van der Waals surface area contributed by atoms with Crippen LogP contribution < -0.4 is 9.80 Å². The third-order valence-corrected chi connectivity index (χ3v) is 16.1. The van der Waals surface area contributed by atoms with Crippen LogP contribution in [0.1, 0.15) is 43.2 Å². The summed E-state index contributed by atoms with van der Waals surface area (Å²) in [5.74, 6) is 3.20. The number of anilines is 6. The molecule has 0 aliphatic heterocycles. The lowest BCUT2D eigenvalue weighted by atomic mass is 9.43. The van der Waals surface area contributed by atoms with Crippen LogP contribution in [0.25, 0.3) is 54.6 Å². The molecule has 4 bridgehead atoms. The Bertz CT molecular complexity index is 3340. The maximum atomic E-state index is 2.63. The van der Waals surface area contributed by atoms with Crippen molar-refractivity contribution in [3.05, 3.63) is 217 Å². The fourth-order valence-corrected chi connectivity index (χ4v) is 14.0. The predicted molar refractivity (Wildman–Crippen MR) is 268 cm³/mol. The number of benzene rings is 10. The van der Waals surface area contributed by atoms with Crippen LogP contribution in [0.2, 0.25) is 0 Å². The first-order valence-corrected chi connectivity index (χ1v) is 23.5. The largest absolute Gasteiger partial charge is 0.310 e. The summed E-state index contributed by atoms with van der Waals surface area (Å²) in [6.45, 7) is 0. The molecule has 0 N–H and O–H groups in total. The molecule has 5 aliphatic carbocycles. The third-order valence-electron chi connectivity index (χ3n) is 16.1. The summed E-state index contributed by atoms with van der Waals surface area (Å²) in [5, 5.41) is 7.64. The molecule has 306 valence electrons. The first kappa shape index (κ1) is 36.3. The van der Waals surface area contributed by atoms with Gasteiger partial charge in [-0.1, -0.05) is 152 Å². The molecular formula is C62H48N2. The van der Waals surface area contributed by atoms with Crippen LogP contribution in [0.15, 0.2) is 206 Å². The van der Waals surface area contributed by atoms with E-state index in [-0.39, 0.29) is 5.41 Å². The highest BCUT2D eigenvalue weighted by Crippen LogP contribution is 2.70. The zero-order valence-electron chi connectivity index (χ0n) is 35.9. The summed E-state index contributed by atoms with van der Waals surface area (Å²) in [6, 6.07) is 77.6. The molecule has 2 nitrogen and oxygen atoms in total. The Morgan fingerprint density at radius 1 is 0.359 bits per heavy atom. The van der Waals surface area contributed by atoms with E-state index in [1.807, 2.05) is 0 Å². The Morgan fingerprint density at radius 3 is 1.50 bits per heavy atom. The lowest BCUT2D eigenvalue weighted by molar-refractivity contribution is -0.0399. The zero-order chi connectivity index (χ0) is 41.9. The fraction of sp³-hybridized carbons (Fsp3) is 0.161. The highest BCUT2D eigenvalue weighted by Gasteiger charge is 2.61. The van der Waals surface area contributed by atoms with Gasteiger partial charge in [0, 0.05) is 38.8 Å². The molecule has 0 heterocycles. The highest BCUT2D eigenvalue weighted by molar-refractivity contribution is 6.28. The van der Waals surface area contributed by atoms with Crippen LogP contribution in [-0.4, -0.2) is 0 Å². The molecule has 15 rings (SSSR count). The Kier molecular flexibility index (Phi) is 7.90. The molecule has 1 spiro atoms. The van der Waals surface area contributed by atoms with E-state index in [9.17, 15) is 0 Å². The van der Waals surface area contributed by atoms with Crippen LogP contribution in [0, 0.1) is 23.7 Å². The van der Waals surface area contributed by atoms with Crippen molar-refractivity contribution < 1.29 is 0 Å². The van der Waals surface area contributed by atoms with Crippen LogP contribution in [0.5, 0.6) is 0 Å². The van der Waals surface area contributed by atoms with Gasteiger partial charge in [-0.25, -0.2) is 0 Å². The van der Waals surface area contributed by atoms with Crippen LogP contribution >= 0.6 is 0 Å². The lowest BCUT2D eigenvalue weighted by Crippen LogP contribution is -2.55. The van der Waals surface area contributed by atoms with Crippen molar-refractivity contribution in [3.63, 3.8) is 0 Å². The molecule has 0 radical (unpaired) electrons. The average Bonchev–Trinajstić information content (AvgIpc) is 3.65. The van der Waals surface area contributed by atoms with Crippen LogP contribution in [-0.2, 0) is 5.41 Å². The van der Waals surface area contributed by atoms with Crippen molar-refractivity contribution in [2.24, 2.45) is 23.7 Å². The topological polar surface area (TPSA) is 6.48 Å². The van der Waals surface area contributed by atoms with Gasteiger partial charge in [0.25, 0.3) is 0 Å². The van der Waals surface area contributed by atoms with Gasteiger partial charge in [0.15, 0.2) is 0 Å². The Morgan fingerprint density at radius 2 is 0.859 bits per heavy atom. The van der Waals surface area contributed by atoms with Gasteiger partial charge in [0.1, 0.15) is 0 Å². The van der Waals surface area contributed by atoms with Gasteiger partial charge in [-0.3, -0.25) is 0 Å². The minimum atomic E-state index is 0.0787. The number of hydrogen-bond donors (Lipinski definition) is 0. The van der Waals surface area contributed by atoms with Gasteiger partial charge < -0.3 is 9.80 Å². The smallest absolute Gasteiger partial charge is 0.0543 e. The van der Waals surface area contributed by atoms with Crippen molar-refractivity contribution >= 4 is 66.4 Å². The van der Waals surface area contributed by atoms with E-state index in [0.29, 0.717) is 11.8 Å². The molecule has 0 amide bonds. The van der Waals surface area contributed by atoms with Crippen molar-refractivity contribution in [3.8, 4) is 22.3 Å². The van der Waals surface area contributed by atoms with Gasteiger partial charge >= 0.3 is 0 Å². The molecular weight excluding hydrogens is 773 g/mol. The molecule has 0 saturated heterocycles. The van der Waals surface area contributed by atoms with Gasteiger partial charge in [0.05, 0.1) is 17.1 Å². The van der Waals surface area contributed by atoms with Gasteiger partial charge in [-0.2, -0.15) is 0 Å². The van der Waals surface area contributed by atoms with Gasteiger partial charge in [-0.15, -0.1) is 0 Å². The fourth-order valence-electron chi connectivity index (χ4n) is 14.0. The predicted octanol–water partition coefficient (Wildman–Crippen LogP) is 16.9. The second kappa shape index (κ2) is 13.9. The van der Waals surface area contributed by atoms with E-state index in [4.69, 9.17) is 0 Å². The van der Waals surface area contributed by atoms with Crippen molar-refractivity contribution in [2.75, 3.05) is 9.80 Å². The highest BCUT2D eigenvalue weighted by atomic mass is 15.2. The van der Waals surface area contributed by atoms with Crippen LogP contribution in [0.3, 0.4) is 0 Å². The van der Waals surface area contributed by atoms with Gasteiger partial charge in [-0.05, 0) is 160 Å². The number of nitrogens with zero attached hydrogens (tertiary/aromatic N) is 2. The molecule has 0 unspecified atom stereocenters. The monoisotopic (exact) mass is 820 g/mol. The summed E-state index contributed by atoms with van der Waals surface area (Å²) in [5.41, 5.74) is 15.7. The Labute approximate surface area is 375 Å². The second-order valence-corrected chi connectivity index (χ2v) is 19.3. The minimum absolute atomic E-state index is 0.0787. The number of fused-ring (bicyclic) bond motifs is 3. The molecule has 10 aromatic rings. The molecule has 10 aromatic carbocycles. The molecule has 5 aliphatic rings. The number of rotatable bonds is 7. The average molecular weight is 821 g/mol. The molecule has 4 saturated carbocycles. The standard InChI is InChI=1S/C62H48N2/c1-4-14-42(15-5-1)45-16-12-21-50(39-45)64(58-25-13-24-55-61(58)51-22-10-11-23-54(51)62(55)46-35-40-34-41(37-46)38-47(62)36-40)57-33-29-44-26-30-52-56(32-28-43-27-31-53(57)60(44)59(43)52)63(48-17-6-2-7-18-48)49-19-8-3-9-20-49/h1-33,39-41,46-47H,34-38H2. The zero-order valence-corrected chi connectivity index (χ0v) is 35.9. The summed E-state index contributed by atoms with van der Waals surface area (Å²) in [7, 11) is 0. The number of hydrogen-bond acceptors (Lipinski definition) is 2. The van der Waals surface area contributed by atoms with E-state index in [0.717, 1.165) is 23.2 Å².